The van der Waals surface area contributed by atoms with Gasteiger partial charge in [0.2, 0.25) is 5.91 Å². The molecule has 1 aromatic rings. The Kier molecular flexibility index (Phi) is 6.76. The number of hydrogen-bond acceptors (Lipinski definition) is 5. The lowest BCUT2D eigenvalue weighted by Crippen LogP contribution is -2.50. The van der Waals surface area contributed by atoms with Crippen LogP contribution >= 0.6 is 11.6 Å². The maximum atomic E-state index is 13.2. The molecule has 1 heterocycles. The Balaban J connectivity index is 1.75. The highest BCUT2D eigenvalue weighted by Gasteiger charge is 2.38. The van der Waals surface area contributed by atoms with Crippen molar-refractivity contribution in [3.8, 4) is 5.75 Å². The third kappa shape index (κ3) is 4.92. The van der Waals surface area contributed by atoms with E-state index in [0.29, 0.717) is 22.9 Å². The van der Waals surface area contributed by atoms with Crippen molar-refractivity contribution < 1.29 is 17.9 Å². The minimum absolute atomic E-state index is 0.0522. The molecule has 1 saturated heterocycles. The third-order valence-electron chi connectivity index (χ3n) is 5.77. The Morgan fingerprint density at radius 3 is 2.54 bits per heavy atom. The van der Waals surface area contributed by atoms with Gasteiger partial charge >= 0.3 is 0 Å². The van der Waals surface area contributed by atoms with Crippen molar-refractivity contribution in [1.29, 1.82) is 0 Å². The molecule has 1 aliphatic carbocycles. The number of ether oxygens (including phenoxy) is 1. The van der Waals surface area contributed by atoms with Gasteiger partial charge in [-0.05, 0) is 37.8 Å². The van der Waals surface area contributed by atoms with Gasteiger partial charge in [0.25, 0.3) is 0 Å². The lowest BCUT2D eigenvalue weighted by molar-refractivity contribution is -0.134. The summed E-state index contributed by atoms with van der Waals surface area (Å²) in [6.07, 6.45) is 5.80. The smallest absolute Gasteiger partial charge is 0.242 e. The van der Waals surface area contributed by atoms with Gasteiger partial charge in [-0.1, -0.05) is 30.9 Å². The summed E-state index contributed by atoms with van der Waals surface area (Å²) in [4.78, 5) is 15.0. The Morgan fingerprint density at radius 1 is 1.21 bits per heavy atom. The molecule has 6 nitrogen and oxygen atoms in total. The number of aryl methyl sites for hydroxylation is 1. The van der Waals surface area contributed by atoms with Gasteiger partial charge in [-0.3, -0.25) is 4.79 Å². The van der Waals surface area contributed by atoms with Crippen molar-refractivity contribution in [2.45, 2.75) is 57.5 Å². The summed E-state index contributed by atoms with van der Waals surface area (Å²) < 4.78 is 29.4. The van der Waals surface area contributed by atoms with Crippen molar-refractivity contribution in [2.75, 3.05) is 30.5 Å². The minimum atomic E-state index is -3.05. The van der Waals surface area contributed by atoms with Gasteiger partial charge in [-0.15, -0.1) is 0 Å². The average molecular weight is 429 g/mol. The Hall–Kier alpha value is -1.47. The van der Waals surface area contributed by atoms with Crippen molar-refractivity contribution >= 4 is 33.0 Å². The number of carbonyl (C=O) groups is 1. The van der Waals surface area contributed by atoms with Crippen LogP contribution in [0.15, 0.2) is 12.1 Å². The summed E-state index contributed by atoms with van der Waals surface area (Å²) >= 11 is 6.15. The summed E-state index contributed by atoms with van der Waals surface area (Å²) in [5.74, 6) is 0.782. The molecule has 1 amide bonds. The van der Waals surface area contributed by atoms with Crippen LogP contribution in [0.5, 0.6) is 5.75 Å². The number of amides is 1. The van der Waals surface area contributed by atoms with Gasteiger partial charge in [0.15, 0.2) is 9.84 Å². The summed E-state index contributed by atoms with van der Waals surface area (Å²) in [7, 11) is -1.49. The highest BCUT2D eigenvalue weighted by atomic mass is 35.5. The van der Waals surface area contributed by atoms with Crippen LogP contribution in [0.2, 0.25) is 5.02 Å². The van der Waals surface area contributed by atoms with Gasteiger partial charge < -0.3 is 15.0 Å². The van der Waals surface area contributed by atoms with Crippen LogP contribution in [0.1, 0.15) is 44.1 Å². The van der Waals surface area contributed by atoms with E-state index in [0.717, 1.165) is 31.2 Å². The molecule has 2 aliphatic rings. The van der Waals surface area contributed by atoms with Gasteiger partial charge in [0, 0.05) is 23.2 Å². The molecule has 0 bridgehead atoms. The molecule has 0 spiro atoms. The van der Waals surface area contributed by atoms with E-state index in [1.807, 2.05) is 17.9 Å². The third-order valence-corrected chi connectivity index (χ3v) is 7.93. The quantitative estimate of drug-likeness (QED) is 0.751. The van der Waals surface area contributed by atoms with Gasteiger partial charge in [0.1, 0.15) is 5.75 Å². The fourth-order valence-electron chi connectivity index (χ4n) is 4.29. The first-order valence-corrected chi connectivity index (χ1v) is 12.1. The maximum absolute atomic E-state index is 13.2. The SMILES string of the molecule is COc1cc(Cl)c(C)cc1NCC(=O)N(C1CCCCC1)[C@@H]1CCS(=O)(=O)C1. The molecule has 1 saturated carbocycles. The first kappa shape index (κ1) is 21.2. The topological polar surface area (TPSA) is 75.7 Å². The molecule has 2 fully saturated rings. The Bertz CT molecular complexity index is 822. The number of sulfone groups is 1. The fourth-order valence-corrected chi connectivity index (χ4v) is 6.16. The number of halogens is 1. The van der Waals surface area contributed by atoms with E-state index in [9.17, 15) is 13.2 Å². The van der Waals surface area contributed by atoms with E-state index in [2.05, 4.69) is 5.32 Å². The van der Waals surface area contributed by atoms with Crippen molar-refractivity contribution in [3.05, 3.63) is 22.7 Å². The van der Waals surface area contributed by atoms with E-state index in [4.69, 9.17) is 16.3 Å². The van der Waals surface area contributed by atoms with Crippen LogP contribution in [0, 0.1) is 6.92 Å². The van der Waals surface area contributed by atoms with Crippen molar-refractivity contribution in [2.24, 2.45) is 0 Å². The molecule has 1 aliphatic heterocycles. The molecular weight excluding hydrogens is 400 g/mol. The highest BCUT2D eigenvalue weighted by molar-refractivity contribution is 7.91. The summed E-state index contributed by atoms with van der Waals surface area (Å²) in [6, 6.07) is 3.51. The lowest BCUT2D eigenvalue weighted by Gasteiger charge is -2.38. The van der Waals surface area contributed by atoms with E-state index >= 15 is 0 Å². The number of nitrogens with zero attached hydrogens (tertiary/aromatic N) is 1. The molecule has 3 rings (SSSR count). The number of anilines is 1. The second kappa shape index (κ2) is 8.91. The summed E-state index contributed by atoms with van der Waals surface area (Å²) in [6.45, 7) is 2.00. The predicted molar refractivity (Wildman–Crippen MR) is 112 cm³/mol. The first-order valence-electron chi connectivity index (χ1n) is 9.90. The zero-order valence-electron chi connectivity index (χ0n) is 16.5. The molecule has 0 unspecified atom stereocenters. The van der Waals surface area contributed by atoms with Crippen LogP contribution in [0.25, 0.3) is 0 Å². The van der Waals surface area contributed by atoms with E-state index in [1.54, 1.807) is 13.2 Å². The number of rotatable bonds is 6. The van der Waals surface area contributed by atoms with Crippen LogP contribution in [0.3, 0.4) is 0 Å². The van der Waals surface area contributed by atoms with Gasteiger partial charge in [0.05, 0.1) is 30.8 Å². The van der Waals surface area contributed by atoms with Gasteiger partial charge in [-0.25, -0.2) is 8.42 Å². The molecule has 156 valence electrons. The zero-order chi connectivity index (χ0) is 20.3. The molecule has 1 atom stereocenters. The Morgan fingerprint density at radius 2 is 1.93 bits per heavy atom. The standard InChI is InChI=1S/C20H29ClN2O4S/c1-14-10-18(19(27-2)11-17(14)21)22-12-20(24)23(15-6-4-3-5-7-15)16-8-9-28(25,26)13-16/h10-11,15-16,22H,3-9,12-13H2,1-2H3/t16-/m1/s1. The van der Waals surface area contributed by atoms with E-state index in [1.165, 1.54) is 6.42 Å². The summed E-state index contributed by atoms with van der Waals surface area (Å²) in [5, 5.41) is 3.78. The highest BCUT2D eigenvalue weighted by Crippen LogP contribution is 2.32. The van der Waals surface area contributed by atoms with Gasteiger partial charge in [-0.2, -0.15) is 0 Å². The predicted octanol–water partition coefficient (Wildman–Crippen LogP) is 3.42. The number of carbonyl (C=O) groups excluding carboxylic acids is 1. The van der Waals surface area contributed by atoms with E-state index in [-0.39, 0.29) is 36.0 Å². The minimum Gasteiger partial charge on any atom is -0.495 e. The molecule has 1 aromatic carbocycles. The fraction of sp³-hybridized carbons (Fsp3) is 0.650. The second-order valence-corrected chi connectivity index (χ2v) is 10.4. The number of methoxy groups -OCH3 is 1. The molecule has 8 heteroatoms. The Labute approximate surface area is 172 Å². The number of hydrogen-bond donors (Lipinski definition) is 1. The van der Waals surface area contributed by atoms with Crippen LogP contribution < -0.4 is 10.1 Å². The van der Waals surface area contributed by atoms with Crippen LogP contribution in [0.4, 0.5) is 5.69 Å². The molecule has 0 aromatic heterocycles. The molecule has 1 N–H and O–H groups in total. The monoisotopic (exact) mass is 428 g/mol. The molecular formula is C20H29ClN2O4S. The van der Waals surface area contributed by atoms with Crippen molar-refractivity contribution in [3.63, 3.8) is 0 Å². The lowest BCUT2D eigenvalue weighted by atomic mass is 9.93. The molecule has 0 radical (unpaired) electrons. The maximum Gasteiger partial charge on any atom is 0.242 e. The summed E-state index contributed by atoms with van der Waals surface area (Å²) in [5.41, 5.74) is 1.60. The van der Waals surface area contributed by atoms with Crippen LogP contribution in [-0.2, 0) is 14.6 Å². The van der Waals surface area contributed by atoms with E-state index < -0.39 is 9.84 Å². The van der Waals surface area contributed by atoms with Crippen molar-refractivity contribution in [1.82, 2.24) is 4.90 Å². The number of benzene rings is 1. The zero-order valence-corrected chi connectivity index (χ0v) is 18.1. The normalized spacial score (nSPS) is 22.0. The largest absolute Gasteiger partial charge is 0.495 e. The first-order chi connectivity index (χ1) is 13.3. The number of nitrogens with one attached hydrogen (secondary N) is 1. The molecule has 28 heavy (non-hydrogen) atoms. The average Bonchev–Trinajstić information content (AvgIpc) is 3.02. The van der Waals surface area contributed by atoms with Crippen LogP contribution in [-0.4, -0.2) is 56.5 Å². The second-order valence-electron chi connectivity index (χ2n) is 7.80.